The third-order valence-corrected chi connectivity index (χ3v) is 3.06. The second-order valence-corrected chi connectivity index (χ2v) is 4.47. The number of benzene rings is 1. The molecule has 2 rings (SSSR count). The second kappa shape index (κ2) is 3.94. The first-order chi connectivity index (χ1) is 7.58. The van der Waals surface area contributed by atoms with Crippen molar-refractivity contribution in [1.82, 2.24) is 4.98 Å². The molecule has 0 radical (unpaired) electrons. The molecule has 0 unspecified atom stereocenters. The van der Waals surface area contributed by atoms with Crippen LogP contribution in [0, 0.1) is 6.92 Å². The Labute approximate surface area is 95.8 Å². The lowest BCUT2D eigenvalue weighted by Gasteiger charge is -1.99. The van der Waals surface area contributed by atoms with Crippen molar-refractivity contribution in [3.8, 4) is 16.2 Å². The lowest BCUT2D eigenvalue weighted by molar-refractivity contribution is 0.0692. The van der Waals surface area contributed by atoms with E-state index in [1.54, 1.807) is 19.1 Å². The summed E-state index contributed by atoms with van der Waals surface area (Å²) < 4.78 is 0. The molecule has 0 aliphatic carbocycles. The molecule has 1 aromatic heterocycles. The van der Waals surface area contributed by atoms with Gasteiger partial charge in [-0.3, -0.25) is 0 Å². The number of hydrogen-bond acceptors (Lipinski definition) is 4. The van der Waals surface area contributed by atoms with Crippen molar-refractivity contribution in [2.75, 3.05) is 0 Å². The number of rotatable bonds is 2. The summed E-state index contributed by atoms with van der Waals surface area (Å²) in [4.78, 5) is 15.5. The summed E-state index contributed by atoms with van der Waals surface area (Å²) in [7, 11) is 0. The Balaban J connectivity index is 2.59. The number of carbonyl (C=O) groups is 1. The number of aromatic carboxylic acids is 1. The lowest BCUT2D eigenvalue weighted by Crippen LogP contribution is -1.98. The van der Waals surface area contributed by atoms with Gasteiger partial charge in [0.15, 0.2) is 5.69 Å². The van der Waals surface area contributed by atoms with E-state index in [-0.39, 0.29) is 11.4 Å². The van der Waals surface area contributed by atoms with Gasteiger partial charge in [0.25, 0.3) is 0 Å². The molecule has 0 amide bonds. The zero-order valence-electron chi connectivity index (χ0n) is 8.47. The molecule has 0 fully saturated rings. The van der Waals surface area contributed by atoms with Crippen LogP contribution in [0.25, 0.3) is 10.4 Å². The zero-order chi connectivity index (χ0) is 11.7. The van der Waals surface area contributed by atoms with Gasteiger partial charge in [-0.2, -0.15) is 0 Å². The lowest BCUT2D eigenvalue weighted by atomic mass is 10.1. The molecular weight excluding hydrogens is 226 g/mol. The topological polar surface area (TPSA) is 70.4 Å². The first kappa shape index (κ1) is 10.6. The summed E-state index contributed by atoms with van der Waals surface area (Å²) in [5, 5.41) is 19.0. The fraction of sp³-hybridized carbons (Fsp3) is 0.0909. The monoisotopic (exact) mass is 235 g/mol. The summed E-state index contributed by atoms with van der Waals surface area (Å²) >= 11 is 1.30. The smallest absolute Gasteiger partial charge is 0.356 e. The summed E-state index contributed by atoms with van der Waals surface area (Å²) in [6.45, 7) is 1.75. The van der Waals surface area contributed by atoms with Crippen molar-refractivity contribution in [2.24, 2.45) is 0 Å². The minimum Gasteiger partial charge on any atom is -0.508 e. The SMILES string of the molecule is Cc1nc(C(=O)O)c(-c2cccc(O)c2)s1. The van der Waals surface area contributed by atoms with Gasteiger partial charge in [0.05, 0.1) is 9.88 Å². The molecule has 16 heavy (non-hydrogen) atoms. The van der Waals surface area contributed by atoms with Crippen LogP contribution in [-0.2, 0) is 0 Å². The molecule has 0 aliphatic rings. The van der Waals surface area contributed by atoms with Gasteiger partial charge in [0.1, 0.15) is 5.75 Å². The molecular formula is C11H9NO3S. The second-order valence-electron chi connectivity index (χ2n) is 3.27. The van der Waals surface area contributed by atoms with Gasteiger partial charge in [-0.1, -0.05) is 12.1 Å². The largest absolute Gasteiger partial charge is 0.508 e. The van der Waals surface area contributed by atoms with Crippen LogP contribution in [0.15, 0.2) is 24.3 Å². The zero-order valence-corrected chi connectivity index (χ0v) is 9.28. The summed E-state index contributed by atoms with van der Waals surface area (Å²) in [6.07, 6.45) is 0. The molecule has 0 aliphatic heterocycles. The Hall–Kier alpha value is -1.88. The van der Waals surface area contributed by atoms with E-state index in [9.17, 15) is 9.90 Å². The quantitative estimate of drug-likeness (QED) is 0.839. The van der Waals surface area contributed by atoms with Crippen LogP contribution in [0.1, 0.15) is 15.5 Å². The third kappa shape index (κ3) is 1.90. The predicted molar refractivity (Wildman–Crippen MR) is 60.9 cm³/mol. The Bertz CT molecular complexity index is 548. The normalized spacial score (nSPS) is 10.3. The van der Waals surface area contributed by atoms with Crippen LogP contribution in [-0.4, -0.2) is 21.2 Å². The fourth-order valence-corrected chi connectivity index (χ4v) is 2.32. The number of hydrogen-bond donors (Lipinski definition) is 2. The summed E-state index contributed by atoms with van der Waals surface area (Å²) in [5.41, 5.74) is 0.705. The van der Waals surface area contributed by atoms with Gasteiger partial charge in [-0.05, 0) is 24.6 Å². The number of aryl methyl sites for hydroxylation is 1. The molecule has 2 aromatic rings. The predicted octanol–water partition coefficient (Wildman–Crippen LogP) is 2.52. The number of phenols is 1. The highest BCUT2D eigenvalue weighted by Gasteiger charge is 2.17. The van der Waals surface area contributed by atoms with Crippen molar-refractivity contribution in [2.45, 2.75) is 6.92 Å². The maximum Gasteiger partial charge on any atom is 0.356 e. The van der Waals surface area contributed by atoms with Crippen molar-refractivity contribution in [3.63, 3.8) is 0 Å². The maximum absolute atomic E-state index is 11.0. The van der Waals surface area contributed by atoms with E-state index < -0.39 is 5.97 Å². The summed E-state index contributed by atoms with van der Waals surface area (Å²) in [5.74, 6) is -0.942. The molecule has 82 valence electrons. The van der Waals surface area contributed by atoms with Gasteiger partial charge >= 0.3 is 5.97 Å². The maximum atomic E-state index is 11.0. The molecule has 0 saturated carbocycles. The number of aromatic hydroxyl groups is 1. The van der Waals surface area contributed by atoms with Crippen molar-refractivity contribution in [3.05, 3.63) is 35.0 Å². The van der Waals surface area contributed by atoms with E-state index in [2.05, 4.69) is 4.98 Å². The van der Waals surface area contributed by atoms with Crippen LogP contribution in [0.2, 0.25) is 0 Å². The molecule has 0 atom stereocenters. The molecule has 0 bridgehead atoms. The molecule has 0 spiro atoms. The van der Waals surface area contributed by atoms with Crippen molar-refractivity contribution < 1.29 is 15.0 Å². The highest BCUT2D eigenvalue weighted by Crippen LogP contribution is 2.31. The van der Waals surface area contributed by atoms with Crippen molar-refractivity contribution >= 4 is 17.3 Å². The first-order valence-corrected chi connectivity index (χ1v) is 5.39. The van der Waals surface area contributed by atoms with E-state index in [1.165, 1.54) is 23.5 Å². The number of nitrogens with zero attached hydrogens (tertiary/aromatic N) is 1. The van der Waals surface area contributed by atoms with E-state index >= 15 is 0 Å². The van der Waals surface area contributed by atoms with Gasteiger partial charge < -0.3 is 10.2 Å². The number of carboxylic acid groups (broad SMARTS) is 1. The van der Waals surface area contributed by atoms with E-state index in [1.807, 2.05) is 0 Å². The summed E-state index contributed by atoms with van der Waals surface area (Å²) in [6, 6.07) is 6.49. The molecule has 4 nitrogen and oxygen atoms in total. The van der Waals surface area contributed by atoms with Crippen molar-refractivity contribution in [1.29, 1.82) is 0 Å². The van der Waals surface area contributed by atoms with Gasteiger partial charge in [0, 0.05) is 0 Å². The highest BCUT2D eigenvalue weighted by atomic mass is 32.1. The number of thiazole rings is 1. The molecule has 0 saturated heterocycles. The van der Waals surface area contributed by atoms with E-state index in [0.717, 1.165) is 0 Å². The Morgan fingerprint density at radius 1 is 1.44 bits per heavy atom. The van der Waals surface area contributed by atoms with Gasteiger partial charge in [-0.25, -0.2) is 9.78 Å². The Morgan fingerprint density at radius 3 is 2.81 bits per heavy atom. The number of carboxylic acids is 1. The molecule has 5 heteroatoms. The van der Waals surface area contributed by atoms with Crippen LogP contribution in [0.5, 0.6) is 5.75 Å². The molecule has 2 N–H and O–H groups in total. The van der Waals surface area contributed by atoms with Crippen LogP contribution >= 0.6 is 11.3 Å². The minimum absolute atomic E-state index is 0.0353. The minimum atomic E-state index is -1.05. The average molecular weight is 235 g/mol. The average Bonchev–Trinajstić information content (AvgIpc) is 2.60. The fourth-order valence-electron chi connectivity index (χ4n) is 1.41. The molecule has 1 heterocycles. The van der Waals surface area contributed by atoms with Crippen LogP contribution in [0.3, 0.4) is 0 Å². The highest BCUT2D eigenvalue weighted by molar-refractivity contribution is 7.15. The van der Waals surface area contributed by atoms with Crippen LogP contribution < -0.4 is 0 Å². The third-order valence-electron chi connectivity index (χ3n) is 2.05. The Morgan fingerprint density at radius 2 is 2.19 bits per heavy atom. The van der Waals surface area contributed by atoms with Gasteiger partial charge in [-0.15, -0.1) is 11.3 Å². The number of phenolic OH excluding ortho intramolecular Hbond substituents is 1. The standard InChI is InChI=1S/C11H9NO3S/c1-6-12-9(11(14)15)10(16-6)7-3-2-4-8(13)5-7/h2-5,13H,1H3,(H,14,15). The van der Waals surface area contributed by atoms with E-state index in [4.69, 9.17) is 5.11 Å². The Kier molecular flexibility index (Phi) is 2.62. The molecule has 1 aromatic carbocycles. The first-order valence-electron chi connectivity index (χ1n) is 4.58. The van der Waals surface area contributed by atoms with Crippen LogP contribution in [0.4, 0.5) is 0 Å². The van der Waals surface area contributed by atoms with E-state index in [0.29, 0.717) is 15.4 Å². The van der Waals surface area contributed by atoms with Gasteiger partial charge in [0.2, 0.25) is 0 Å². The number of aromatic nitrogens is 1.